The molecule has 0 spiro atoms. The summed E-state index contributed by atoms with van der Waals surface area (Å²) < 4.78 is 0.722. The fourth-order valence-corrected chi connectivity index (χ4v) is 3.01. The van der Waals surface area contributed by atoms with Gasteiger partial charge in [0.1, 0.15) is 0 Å². The Morgan fingerprint density at radius 1 is 0.741 bits per heavy atom. The van der Waals surface area contributed by atoms with E-state index in [2.05, 4.69) is 31.9 Å². The van der Waals surface area contributed by atoms with Crippen molar-refractivity contribution in [3.05, 3.63) is 82.8 Å². The number of amides is 2. The van der Waals surface area contributed by atoms with Gasteiger partial charge in [-0.2, -0.15) is 0 Å². The zero-order valence-electron chi connectivity index (χ0n) is 14.6. The van der Waals surface area contributed by atoms with Gasteiger partial charge in [0.15, 0.2) is 0 Å². The number of carbonyl (C=O) groups is 2. The number of anilines is 4. The van der Waals surface area contributed by atoms with Crippen LogP contribution in [0.3, 0.4) is 0 Å². The third-order valence-corrected chi connectivity index (χ3v) is 4.44. The summed E-state index contributed by atoms with van der Waals surface area (Å²) in [5, 5.41) is 8.43. The van der Waals surface area contributed by atoms with Gasteiger partial charge in [-0.1, -0.05) is 24.3 Å². The van der Waals surface area contributed by atoms with E-state index in [1.54, 1.807) is 18.2 Å². The van der Waals surface area contributed by atoms with Gasteiger partial charge in [0.25, 0.3) is 0 Å². The number of nitrogens with one attached hydrogen (secondary N) is 3. The summed E-state index contributed by atoms with van der Waals surface area (Å²) in [7, 11) is 0. The lowest BCUT2D eigenvalue weighted by molar-refractivity contribution is -0.133. The lowest BCUT2D eigenvalue weighted by Gasteiger charge is -2.10. The maximum absolute atomic E-state index is 12.1. The number of hydrogen-bond acceptors (Lipinski definition) is 3. The lowest BCUT2D eigenvalue weighted by atomic mass is 10.2. The summed E-state index contributed by atoms with van der Waals surface area (Å²) in [4.78, 5) is 24.2. The van der Waals surface area contributed by atoms with E-state index in [4.69, 9.17) is 0 Å². The first-order valence-electron chi connectivity index (χ1n) is 8.32. The van der Waals surface area contributed by atoms with Crippen molar-refractivity contribution >= 4 is 50.5 Å². The number of halogens is 1. The van der Waals surface area contributed by atoms with E-state index in [1.807, 2.05) is 61.5 Å². The van der Waals surface area contributed by atoms with E-state index >= 15 is 0 Å². The average Bonchev–Trinajstić information content (AvgIpc) is 2.66. The van der Waals surface area contributed by atoms with Crippen LogP contribution >= 0.6 is 15.9 Å². The van der Waals surface area contributed by atoms with Gasteiger partial charge in [-0.05, 0) is 76.9 Å². The molecule has 0 atom stereocenters. The molecule has 3 N–H and O–H groups in total. The Bertz CT molecular complexity index is 957. The van der Waals surface area contributed by atoms with Crippen LogP contribution in [0, 0.1) is 6.92 Å². The topological polar surface area (TPSA) is 70.2 Å². The second-order valence-corrected chi connectivity index (χ2v) is 6.81. The molecule has 0 saturated carbocycles. The van der Waals surface area contributed by atoms with E-state index < -0.39 is 11.8 Å². The highest BCUT2D eigenvalue weighted by Gasteiger charge is 2.15. The first kappa shape index (κ1) is 18.7. The summed E-state index contributed by atoms with van der Waals surface area (Å²) in [6.45, 7) is 1.94. The molecule has 0 unspecified atom stereocenters. The molecule has 2 amide bonds. The Hall–Kier alpha value is -3.12. The molecule has 0 radical (unpaired) electrons. The predicted octanol–water partition coefficient (Wildman–Crippen LogP) is 5.08. The molecule has 0 fully saturated rings. The molecule has 3 aromatic rings. The SMILES string of the molecule is Cc1ccc(NC(=O)C(=O)Nc2ccc(Nc3ccccc3)cc2)c(Br)c1. The third-order valence-electron chi connectivity index (χ3n) is 3.78. The van der Waals surface area contributed by atoms with Gasteiger partial charge in [0.05, 0.1) is 5.69 Å². The minimum atomic E-state index is -0.731. The quantitative estimate of drug-likeness (QED) is 0.512. The Morgan fingerprint density at radius 3 is 2.00 bits per heavy atom. The molecule has 0 heterocycles. The van der Waals surface area contributed by atoms with Crippen molar-refractivity contribution in [1.82, 2.24) is 0 Å². The van der Waals surface area contributed by atoms with Crippen molar-refractivity contribution < 1.29 is 9.59 Å². The third kappa shape index (κ3) is 5.18. The first-order valence-corrected chi connectivity index (χ1v) is 9.11. The van der Waals surface area contributed by atoms with Crippen LogP contribution in [0.4, 0.5) is 22.7 Å². The Morgan fingerprint density at radius 2 is 1.33 bits per heavy atom. The van der Waals surface area contributed by atoms with Crippen molar-refractivity contribution in [3.8, 4) is 0 Å². The van der Waals surface area contributed by atoms with Gasteiger partial charge in [-0.25, -0.2) is 0 Å². The Labute approximate surface area is 165 Å². The summed E-state index contributed by atoms with van der Waals surface area (Å²) in [6, 6.07) is 22.4. The Balaban J connectivity index is 1.59. The number of carbonyl (C=O) groups excluding carboxylic acids is 2. The molecule has 6 heteroatoms. The van der Waals surface area contributed by atoms with Crippen LogP contribution in [0.1, 0.15) is 5.56 Å². The fraction of sp³-hybridized carbons (Fsp3) is 0.0476. The molecule has 0 aliphatic carbocycles. The highest BCUT2D eigenvalue weighted by molar-refractivity contribution is 9.10. The molecule has 3 aromatic carbocycles. The van der Waals surface area contributed by atoms with Gasteiger partial charge in [-0.3, -0.25) is 9.59 Å². The molecule has 3 rings (SSSR count). The highest BCUT2D eigenvalue weighted by Crippen LogP contribution is 2.23. The second kappa shape index (κ2) is 8.51. The van der Waals surface area contributed by atoms with E-state index in [0.29, 0.717) is 11.4 Å². The van der Waals surface area contributed by atoms with Crippen LogP contribution in [0.15, 0.2) is 77.3 Å². The van der Waals surface area contributed by atoms with Crippen LogP contribution in [0.25, 0.3) is 0 Å². The van der Waals surface area contributed by atoms with Gasteiger partial charge >= 0.3 is 11.8 Å². The molecule has 136 valence electrons. The normalized spacial score (nSPS) is 10.1. The highest BCUT2D eigenvalue weighted by atomic mass is 79.9. The summed E-state index contributed by atoms with van der Waals surface area (Å²) in [6.07, 6.45) is 0. The predicted molar refractivity (Wildman–Crippen MR) is 112 cm³/mol. The summed E-state index contributed by atoms with van der Waals surface area (Å²) >= 11 is 3.37. The lowest BCUT2D eigenvalue weighted by Crippen LogP contribution is -2.29. The maximum Gasteiger partial charge on any atom is 0.314 e. The minimum absolute atomic E-state index is 0.539. The van der Waals surface area contributed by atoms with Gasteiger partial charge in [0.2, 0.25) is 0 Å². The van der Waals surface area contributed by atoms with Crippen molar-refractivity contribution in [2.75, 3.05) is 16.0 Å². The maximum atomic E-state index is 12.1. The number of benzene rings is 3. The van der Waals surface area contributed by atoms with Gasteiger partial charge in [-0.15, -0.1) is 0 Å². The van der Waals surface area contributed by atoms with Crippen LogP contribution in [-0.4, -0.2) is 11.8 Å². The average molecular weight is 424 g/mol. The van der Waals surface area contributed by atoms with E-state index in [-0.39, 0.29) is 0 Å². The van der Waals surface area contributed by atoms with Crippen LogP contribution in [0.5, 0.6) is 0 Å². The standard InChI is InChI=1S/C21H18BrN3O2/c1-14-7-12-19(18(22)13-14)25-21(27)20(26)24-17-10-8-16(9-11-17)23-15-5-3-2-4-6-15/h2-13,23H,1H3,(H,24,26)(H,25,27). The van der Waals surface area contributed by atoms with Crippen molar-refractivity contribution in [1.29, 1.82) is 0 Å². The molecule has 27 heavy (non-hydrogen) atoms. The Kier molecular flexibility index (Phi) is 5.88. The minimum Gasteiger partial charge on any atom is -0.356 e. The van der Waals surface area contributed by atoms with Crippen molar-refractivity contribution in [3.63, 3.8) is 0 Å². The number of aryl methyl sites for hydroxylation is 1. The van der Waals surface area contributed by atoms with Crippen molar-refractivity contribution in [2.24, 2.45) is 0 Å². The summed E-state index contributed by atoms with van der Waals surface area (Å²) in [5.74, 6) is -1.46. The molecule has 0 saturated heterocycles. The second-order valence-electron chi connectivity index (χ2n) is 5.96. The molecule has 0 aliphatic rings. The molecule has 0 bridgehead atoms. The molecular formula is C21H18BrN3O2. The van der Waals surface area contributed by atoms with Crippen LogP contribution < -0.4 is 16.0 Å². The summed E-state index contributed by atoms with van der Waals surface area (Å²) in [5.41, 5.74) is 3.98. The van der Waals surface area contributed by atoms with E-state index in [0.717, 1.165) is 21.4 Å². The number of hydrogen-bond donors (Lipinski definition) is 3. The number of rotatable bonds is 4. The fourth-order valence-electron chi connectivity index (χ4n) is 2.41. The van der Waals surface area contributed by atoms with E-state index in [9.17, 15) is 9.59 Å². The van der Waals surface area contributed by atoms with Crippen molar-refractivity contribution in [2.45, 2.75) is 6.92 Å². The molecular weight excluding hydrogens is 406 g/mol. The largest absolute Gasteiger partial charge is 0.356 e. The monoisotopic (exact) mass is 423 g/mol. The van der Waals surface area contributed by atoms with Gasteiger partial charge in [0, 0.05) is 21.5 Å². The van der Waals surface area contributed by atoms with Crippen LogP contribution in [-0.2, 0) is 9.59 Å². The first-order chi connectivity index (χ1) is 13.0. The number of para-hydroxylation sites is 1. The smallest absolute Gasteiger partial charge is 0.314 e. The molecule has 5 nitrogen and oxygen atoms in total. The zero-order chi connectivity index (χ0) is 19.2. The van der Waals surface area contributed by atoms with E-state index in [1.165, 1.54) is 0 Å². The molecule has 0 aliphatic heterocycles. The molecule has 0 aromatic heterocycles. The zero-order valence-corrected chi connectivity index (χ0v) is 16.2. The van der Waals surface area contributed by atoms with Crippen LogP contribution in [0.2, 0.25) is 0 Å². The van der Waals surface area contributed by atoms with Gasteiger partial charge < -0.3 is 16.0 Å².